The molecule has 0 radical (unpaired) electrons. The number of hydrogen-bond acceptors (Lipinski definition) is 2. The fourth-order valence-corrected chi connectivity index (χ4v) is 3.52. The van der Waals surface area contributed by atoms with Crippen LogP contribution in [0.1, 0.15) is 32.1 Å². The van der Waals surface area contributed by atoms with Gasteiger partial charge in [-0.05, 0) is 12.8 Å². The summed E-state index contributed by atoms with van der Waals surface area (Å²) in [5, 5.41) is 0. The van der Waals surface area contributed by atoms with Crippen LogP contribution in [0.3, 0.4) is 0 Å². The standard InChI is InChI=1S/C11H19NO2S/c13-11(10-4-2-1-3-5-10)12-6-8-15(14)9-7-12/h10H,1-9H2. The molecule has 1 heterocycles. The molecule has 3 nitrogen and oxygen atoms in total. The van der Waals surface area contributed by atoms with E-state index in [9.17, 15) is 9.00 Å². The molecule has 0 bridgehead atoms. The van der Waals surface area contributed by atoms with Gasteiger partial charge in [0.15, 0.2) is 0 Å². The minimum Gasteiger partial charge on any atom is -0.341 e. The molecule has 0 N–H and O–H groups in total. The Bertz CT molecular complexity index is 251. The van der Waals surface area contributed by atoms with E-state index in [1.54, 1.807) is 0 Å². The summed E-state index contributed by atoms with van der Waals surface area (Å²) in [6.07, 6.45) is 5.83. The SMILES string of the molecule is O=C(C1CCCCC1)N1CCS(=O)CC1. The fraction of sp³-hybridized carbons (Fsp3) is 0.909. The van der Waals surface area contributed by atoms with Gasteiger partial charge in [-0.25, -0.2) is 0 Å². The highest BCUT2D eigenvalue weighted by Crippen LogP contribution is 2.25. The van der Waals surface area contributed by atoms with Crippen molar-refractivity contribution in [1.82, 2.24) is 4.90 Å². The molecule has 0 aromatic carbocycles. The largest absolute Gasteiger partial charge is 0.341 e. The lowest BCUT2D eigenvalue weighted by Gasteiger charge is -2.31. The number of carbonyl (C=O) groups excluding carboxylic acids is 1. The fourth-order valence-electron chi connectivity index (χ4n) is 2.47. The predicted molar refractivity (Wildman–Crippen MR) is 61.0 cm³/mol. The first-order chi connectivity index (χ1) is 7.27. The second-order valence-electron chi connectivity index (χ2n) is 4.51. The summed E-state index contributed by atoms with van der Waals surface area (Å²) in [6, 6.07) is 0. The number of carbonyl (C=O) groups is 1. The molecule has 1 saturated carbocycles. The van der Waals surface area contributed by atoms with Gasteiger partial charge in [0.05, 0.1) is 0 Å². The Morgan fingerprint density at radius 3 is 2.27 bits per heavy atom. The second kappa shape index (κ2) is 5.10. The zero-order valence-electron chi connectivity index (χ0n) is 9.11. The summed E-state index contributed by atoms with van der Waals surface area (Å²) in [6.45, 7) is 1.42. The van der Waals surface area contributed by atoms with Crippen LogP contribution in [0.15, 0.2) is 0 Å². The molecule has 2 rings (SSSR count). The lowest BCUT2D eigenvalue weighted by atomic mass is 9.88. The van der Waals surface area contributed by atoms with Crippen LogP contribution in [0.2, 0.25) is 0 Å². The summed E-state index contributed by atoms with van der Waals surface area (Å²) in [4.78, 5) is 14.0. The molecule has 0 unspecified atom stereocenters. The smallest absolute Gasteiger partial charge is 0.225 e. The highest BCUT2D eigenvalue weighted by molar-refractivity contribution is 7.85. The summed E-state index contributed by atoms with van der Waals surface area (Å²) < 4.78 is 11.2. The maximum absolute atomic E-state index is 12.1. The first-order valence-electron chi connectivity index (χ1n) is 5.91. The molecule has 0 atom stereocenters. The first kappa shape index (κ1) is 11.1. The molecule has 2 fully saturated rings. The molecule has 86 valence electrons. The van der Waals surface area contributed by atoms with Crippen molar-refractivity contribution in [3.63, 3.8) is 0 Å². The zero-order valence-corrected chi connectivity index (χ0v) is 9.93. The van der Waals surface area contributed by atoms with Gasteiger partial charge in [0.25, 0.3) is 0 Å². The van der Waals surface area contributed by atoms with Gasteiger partial charge in [-0.3, -0.25) is 9.00 Å². The molecule has 1 saturated heterocycles. The van der Waals surface area contributed by atoms with E-state index in [1.807, 2.05) is 4.90 Å². The second-order valence-corrected chi connectivity index (χ2v) is 6.20. The van der Waals surface area contributed by atoms with Crippen LogP contribution in [0.4, 0.5) is 0 Å². The molecule has 2 aliphatic rings. The molecule has 1 aliphatic carbocycles. The molecule has 1 aliphatic heterocycles. The quantitative estimate of drug-likeness (QED) is 0.676. The van der Waals surface area contributed by atoms with Crippen LogP contribution in [0.25, 0.3) is 0 Å². The lowest BCUT2D eigenvalue weighted by Crippen LogP contribution is -2.44. The van der Waals surface area contributed by atoms with Gasteiger partial charge in [-0.2, -0.15) is 0 Å². The van der Waals surface area contributed by atoms with Crippen LogP contribution < -0.4 is 0 Å². The van der Waals surface area contributed by atoms with E-state index in [4.69, 9.17) is 0 Å². The summed E-state index contributed by atoms with van der Waals surface area (Å²) >= 11 is 0. The van der Waals surface area contributed by atoms with Crippen molar-refractivity contribution in [2.45, 2.75) is 32.1 Å². The maximum atomic E-state index is 12.1. The molecule has 0 spiro atoms. The van der Waals surface area contributed by atoms with Crippen molar-refractivity contribution in [2.24, 2.45) is 5.92 Å². The van der Waals surface area contributed by atoms with Gasteiger partial charge in [-0.15, -0.1) is 0 Å². The number of hydrogen-bond donors (Lipinski definition) is 0. The van der Waals surface area contributed by atoms with Crippen LogP contribution in [-0.4, -0.2) is 39.6 Å². The normalized spacial score (nSPS) is 25.5. The Balaban J connectivity index is 1.86. The van der Waals surface area contributed by atoms with Gasteiger partial charge >= 0.3 is 0 Å². The average Bonchev–Trinajstić information content (AvgIpc) is 2.30. The third-order valence-electron chi connectivity index (χ3n) is 3.44. The summed E-state index contributed by atoms with van der Waals surface area (Å²) in [7, 11) is -0.676. The molecule has 0 aromatic heterocycles. The van der Waals surface area contributed by atoms with E-state index in [1.165, 1.54) is 19.3 Å². The third kappa shape index (κ3) is 2.80. The topological polar surface area (TPSA) is 37.4 Å². The minimum atomic E-state index is -0.676. The Hall–Kier alpha value is -0.380. The monoisotopic (exact) mass is 229 g/mol. The van der Waals surface area contributed by atoms with E-state index >= 15 is 0 Å². The zero-order chi connectivity index (χ0) is 10.7. The van der Waals surface area contributed by atoms with Crippen molar-refractivity contribution in [1.29, 1.82) is 0 Å². The summed E-state index contributed by atoms with van der Waals surface area (Å²) in [5.74, 6) is 1.95. The van der Waals surface area contributed by atoms with Gasteiger partial charge < -0.3 is 4.90 Å². The average molecular weight is 229 g/mol. The van der Waals surface area contributed by atoms with Crippen molar-refractivity contribution in [3.05, 3.63) is 0 Å². The van der Waals surface area contributed by atoms with E-state index in [2.05, 4.69) is 0 Å². The number of rotatable bonds is 1. The van der Waals surface area contributed by atoms with Gasteiger partial charge in [0, 0.05) is 41.3 Å². The first-order valence-corrected chi connectivity index (χ1v) is 7.40. The van der Waals surface area contributed by atoms with Crippen molar-refractivity contribution < 1.29 is 9.00 Å². The van der Waals surface area contributed by atoms with Crippen LogP contribution in [0, 0.1) is 5.92 Å². The Morgan fingerprint density at radius 1 is 1.07 bits per heavy atom. The van der Waals surface area contributed by atoms with E-state index in [0.717, 1.165) is 12.8 Å². The highest BCUT2D eigenvalue weighted by Gasteiger charge is 2.27. The van der Waals surface area contributed by atoms with E-state index in [0.29, 0.717) is 30.5 Å². The number of amides is 1. The third-order valence-corrected chi connectivity index (χ3v) is 4.72. The molecule has 4 heteroatoms. The van der Waals surface area contributed by atoms with Crippen molar-refractivity contribution in [3.8, 4) is 0 Å². The van der Waals surface area contributed by atoms with Gasteiger partial charge in [0.2, 0.25) is 5.91 Å². The molecule has 15 heavy (non-hydrogen) atoms. The van der Waals surface area contributed by atoms with Crippen molar-refractivity contribution >= 4 is 16.7 Å². The van der Waals surface area contributed by atoms with E-state index < -0.39 is 10.8 Å². The van der Waals surface area contributed by atoms with E-state index in [-0.39, 0.29) is 5.92 Å². The highest BCUT2D eigenvalue weighted by atomic mass is 32.2. The molecular weight excluding hydrogens is 210 g/mol. The predicted octanol–water partition coefficient (Wildman–Crippen LogP) is 1.16. The molecule has 1 amide bonds. The lowest BCUT2D eigenvalue weighted by molar-refractivity contribution is -0.136. The van der Waals surface area contributed by atoms with Crippen molar-refractivity contribution in [2.75, 3.05) is 24.6 Å². The maximum Gasteiger partial charge on any atom is 0.225 e. The van der Waals surface area contributed by atoms with Gasteiger partial charge in [-0.1, -0.05) is 19.3 Å². The van der Waals surface area contributed by atoms with Crippen LogP contribution in [-0.2, 0) is 15.6 Å². The van der Waals surface area contributed by atoms with Gasteiger partial charge in [0.1, 0.15) is 0 Å². The molecular formula is C11H19NO2S. The van der Waals surface area contributed by atoms with Crippen LogP contribution >= 0.6 is 0 Å². The van der Waals surface area contributed by atoms with Crippen LogP contribution in [0.5, 0.6) is 0 Å². The Labute approximate surface area is 93.7 Å². The molecule has 0 aromatic rings. The Morgan fingerprint density at radius 2 is 1.67 bits per heavy atom. The Kier molecular flexibility index (Phi) is 3.78. The summed E-state index contributed by atoms with van der Waals surface area (Å²) in [5.41, 5.74) is 0. The number of nitrogens with zero attached hydrogens (tertiary/aromatic N) is 1. The minimum absolute atomic E-state index is 0.269.